The lowest BCUT2D eigenvalue weighted by molar-refractivity contribution is -0.141. The van der Waals surface area contributed by atoms with Crippen LogP contribution in [0, 0.1) is 0 Å². The lowest BCUT2D eigenvalue weighted by Gasteiger charge is -2.21. The zero-order valence-electron chi connectivity index (χ0n) is 10.1. The third kappa shape index (κ3) is 5.18. The van der Waals surface area contributed by atoms with Crippen molar-refractivity contribution in [2.75, 3.05) is 6.54 Å². The Kier molecular flexibility index (Phi) is 5.34. The summed E-state index contributed by atoms with van der Waals surface area (Å²) in [5, 5.41) is 21.3. The van der Waals surface area contributed by atoms with Gasteiger partial charge in [-0.05, 0) is 41.1 Å². The number of nitrogens with one attached hydrogen (secondary N) is 1. The molecule has 1 amide bonds. The molecule has 0 aromatic heterocycles. The molecule has 0 saturated carbocycles. The van der Waals surface area contributed by atoms with Crippen molar-refractivity contribution in [3.63, 3.8) is 0 Å². The number of aliphatic carboxylic acids is 1. The molecule has 104 valence electrons. The van der Waals surface area contributed by atoms with Crippen LogP contribution in [0.2, 0.25) is 5.02 Å². The van der Waals surface area contributed by atoms with Gasteiger partial charge in [0.25, 0.3) is 5.91 Å². The molecule has 3 N–H and O–H groups in total. The molecule has 1 rings (SSSR count). The van der Waals surface area contributed by atoms with Gasteiger partial charge in [0.1, 0.15) is 0 Å². The first-order chi connectivity index (χ1) is 8.71. The molecule has 0 bridgehead atoms. The molecule has 0 spiro atoms. The number of amides is 1. The van der Waals surface area contributed by atoms with Crippen molar-refractivity contribution in [3.05, 3.63) is 33.3 Å². The average molecular weight is 351 g/mol. The van der Waals surface area contributed by atoms with E-state index in [1.54, 1.807) is 12.1 Å². The fourth-order valence-electron chi connectivity index (χ4n) is 1.40. The van der Waals surface area contributed by atoms with E-state index in [1.807, 2.05) is 0 Å². The summed E-state index contributed by atoms with van der Waals surface area (Å²) in [7, 11) is 0. The van der Waals surface area contributed by atoms with Crippen molar-refractivity contribution in [2.24, 2.45) is 0 Å². The minimum Gasteiger partial charge on any atom is -0.481 e. The second-order valence-electron chi connectivity index (χ2n) is 4.38. The Morgan fingerprint density at radius 3 is 2.63 bits per heavy atom. The van der Waals surface area contributed by atoms with Crippen LogP contribution in [-0.4, -0.2) is 34.2 Å². The van der Waals surface area contributed by atoms with Crippen molar-refractivity contribution in [2.45, 2.75) is 18.9 Å². The molecule has 5 nitrogen and oxygen atoms in total. The van der Waals surface area contributed by atoms with Crippen LogP contribution in [0.15, 0.2) is 22.7 Å². The molecule has 1 aromatic carbocycles. The van der Waals surface area contributed by atoms with Crippen LogP contribution in [0.1, 0.15) is 23.7 Å². The van der Waals surface area contributed by atoms with Gasteiger partial charge in [-0.15, -0.1) is 0 Å². The summed E-state index contributed by atoms with van der Waals surface area (Å²) in [5.74, 6) is -1.54. The maximum absolute atomic E-state index is 11.8. The number of hydrogen-bond donors (Lipinski definition) is 3. The van der Waals surface area contributed by atoms with E-state index in [4.69, 9.17) is 16.7 Å². The molecule has 0 saturated heterocycles. The highest BCUT2D eigenvalue weighted by atomic mass is 79.9. The van der Waals surface area contributed by atoms with Crippen LogP contribution in [0.3, 0.4) is 0 Å². The number of carbonyl (C=O) groups excluding carboxylic acids is 1. The van der Waals surface area contributed by atoms with E-state index in [2.05, 4.69) is 21.2 Å². The molecular formula is C12H13BrClNO4. The summed E-state index contributed by atoms with van der Waals surface area (Å²) < 4.78 is 0.583. The van der Waals surface area contributed by atoms with Gasteiger partial charge >= 0.3 is 5.97 Å². The summed E-state index contributed by atoms with van der Waals surface area (Å²) in [6.45, 7) is 1.19. The van der Waals surface area contributed by atoms with Gasteiger partial charge in [0.15, 0.2) is 0 Å². The second kappa shape index (κ2) is 6.36. The van der Waals surface area contributed by atoms with E-state index in [1.165, 1.54) is 13.0 Å². The van der Waals surface area contributed by atoms with Gasteiger partial charge in [-0.3, -0.25) is 9.59 Å². The van der Waals surface area contributed by atoms with Crippen LogP contribution in [-0.2, 0) is 4.79 Å². The van der Waals surface area contributed by atoms with Crippen LogP contribution in [0.25, 0.3) is 0 Å². The number of rotatable bonds is 5. The second-order valence-corrected chi connectivity index (χ2v) is 5.64. The molecule has 1 atom stereocenters. The van der Waals surface area contributed by atoms with Crippen molar-refractivity contribution in [1.29, 1.82) is 0 Å². The molecule has 0 aliphatic rings. The zero-order chi connectivity index (χ0) is 14.6. The Labute approximate surface area is 123 Å². The van der Waals surface area contributed by atoms with Gasteiger partial charge in [-0.2, -0.15) is 0 Å². The van der Waals surface area contributed by atoms with E-state index in [9.17, 15) is 14.7 Å². The van der Waals surface area contributed by atoms with E-state index < -0.39 is 23.9 Å². The van der Waals surface area contributed by atoms with E-state index in [0.717, 1.165) is 0 Å². The van der Waals surface area contributed by atoms with Crippen LogP contribution in [0.5, 0.6) is 0 Å². The lowest BCUT2D eigenvalue weighted by Crippen LogP contribution is -2.42. The van der Waals surface area contributed by atoms with Gasteiger partial charge in [-0.1, -0.05) is 11.6 Å². The molecule has 1 aromatic rings. The van der Waals surface area contributed by atoms with Crippen molar-refractivity contribution < 1.29 is 19.8 Å². The number of aliphatic hydroxyl groups is 1. The Morgan fingerprint density at radius 1 is 1.47 bits per heavy atom. The minimum atomic E-state index is -1.49. The molecule has 0 aliphatic carbocycles. The van der Waals surface area contributed by atoms with Crippen molar-refractivity contribution in [3.8, 4) is 0 Å². The van der Waals surface area contributed by atoms with Crippen LogP contribution in [0.4, 0.5) is 0 Å². The Morgan fingerprint density at radius 2 is 2.11 bits per heavy atom. The molecule has 7 heteroatoms. The highest BCUT2D eigenvalue weighted by Crippen LogP contribution is 2.23. The fraction of sp³-hybridized carbons (Fsp3) is 0.333. The highest BCUT2D eigenvalue weighted by molar-refractivity contribution is 9.10. The summed E-state index contributed by atoms with van der Waals surface area (Å²) in [5.41, 5.74) is -1.13. The smallest absolute Gasteiger partial charge is 0.306 e. The topological polar surface area (TPSA) is 86.6 Å². The van der Waals surface area contributed by atoms with Gasteiger partial charge in [-0.25, -0.2) is 0 Å². The Bertz CT molecular complexity index is 505. The molecule has 1 unspecified atom stereocenters. The van der Waals surface area contributed by atoms with Crippen molar-refractivity contribution >= 4 is 39.4 Å². The molecule has 0 fully saturated rings. The van der Waals surface area contributed by atoms with Crippen LogP contribution < -0.4 is 5.32 Å². The maximum Gasteiger partial charge on any atom is 0.306 e. The standard InChI is InChI=1S/C12H13BrClNO4/c1-12(19,5-10(16)17)6-15-11(18)7-2-3-9(14)8(13)4-7/h2-4,19H,5-6H2,1H3,(H,15,18)(H,16,17). The van der Waals surface area contributed by atoms with Crippen molar-refractivity contribution in [1.82, 2.24) is 5.32 Å². The first kappa shape index (κ1) is 15.9. The summed E-state index contributed by atoms with van der Waals surface area (Å²) >= 11 is 9.01. The number of carboxylic acid groups (broad SMARTS) is 1. The third-order valence-corrected chi connectivity index (χ3v) is 3.56. The number of carboxylic acids is 1. The first-order valence-corrected chi connectivity index (χ1v) is 6.56. The number of carbonyl (C=O) groups is 2. The highest BCUT2D eigenvalue weighted by Gasteiger charge is 2.25. The SMILES string of the molecule is CC(O)(CNC(=O)c1ccc(Cl)c(Br)c1)CC(=O)O. The van der Waals surface area contributed by atoms with Crippen LogP contribution >= 0.6 is 27.5 Å². The van der Waals surface area contributed by atoms with E-state index in [0.29, 0.717) is 15.1 Å². The molecular weight excluding hydrogens is 337 g/mol. The number of halogens is 2. The Balaban J connectivity index is 2.65. The quantitative estimate of drug-likeness (QED) is 0.758. The summed E-state index contributed by atoms with van der Waals surface area (Å²) in [6.07, 6.45) is -0.447. The monoisotopic (exact) mass is 349 g/mol. The number of benzene rings is 1. The average Bonchev–Trinajstić information content (AvgIpc) is 2.28. The molecule has 0 aliphatic heterocycles. The normalized spacial score (nSPS) is 13.7. The number of hydrogen-bond acceptors (Lipinski definition) is 3. The van der Waals surface area contributed by atoms with Gasteiger partial charge in [0.2, 0.25) is 0 Å². The van der Waals surface area contributed by atoms with Gasteiger partial charge < -0.3 is 15.5 Å². The van der Waals surface area contributed by atoms with E-state index >= 15 is 0 Å². The van der Waals surface area contributed by atoms with E-state index in [-0.39, 0.29) is 6.54 Å². The first-order valence-electron chi connectivity index (χ1n) is 5.39. The predicted molar refractivity (Wildman–Crippen MR) is 74.4 cm³/mol. The molecule has 0 radical (unpaired) electrons. The minimum absolute atomic E-state index is 0.154. The maximum atomic E-state index is 11.8. The van der Waals surface area contributed by atoms with Gasteiger partial charge in [0, 0.05) is 16.6 Å². The predicted octanol–water partition coefficient (Wildman–Crippen LogP) is 2.06. The molecule has 0 heterocycles. The molecule has 19 heavy (non-hydrogen) atoms. The summed E-state index contributed by atoms with van der Waals surface area (Å²) in [4.78, 5) is 22.3. The lowest BCUT2D eigenvalue weighted by atomic mass is 10.0. The van der Waals surface area contributed by atoms with Gasteiger partial charge in [0.05, 0.1) is 17.0 Å². The fourth-order valence-corrected chi connectivity index (χ4v) is 1.89. The third-order valence-electron chi connectivity index (χ3n) is 2.34. The summed E-state index contributed by atoms with van der Waals surface area (Å²) in [6, 6.07) is 4.65. The zero-order valence-corrected chi connectivity index (χ0v) is 12.5. The Hall–Kier alpha value is -1.11. The largest absolute Gasteiger partial charge is 0.481 e.